The van der Waals surface area contributed by atoms with Gasteiger partial charge in [0.05, 0.1) is 5.71 Å². The zero-order valence-electron chi connectivity index (χ0n) is 12.7. The van der Waals surface area contributed by atoms with Crippen LogP contribution in [0.2, 0.25) is 0 Å². The van der Waals surface area contributed by atoms with Crippen LogP contribution in [-0.2, 0) is 9.59 Å². The molecule has 114 valence electrons. The highest BCUT2D eigenvalue weighted by Crippen LogP contribution is 2.29. The Hall–Kier alpha value is -2.23. The third kappa shape index (κ3) is 3.01. The third-order valence-corrected chi connectivity index (χ3v) is 4.35. The molecule has 0 saturated carbocycles. The standard InChI is InChI=1S/C18H20N2O2/c1-2-12-10-17(21)20-16-11-14(8-9-15(12)16)19-18(22)13-6-4-3-5-7-13/h3-4,8-11,13,15H,2,5-7H2,1H3,(H,20,21). The minimum atomic E-state index is -0.0993. The number of allylic oxidation sites excluding steroid dienone is 5. The lowest BCUT2D eigenvalue weighted by Gasteiger charge is -2.27. The lowest BCUT2D eigenvalue weighted by Crippen LogP contribution is -2.33. The topological polar surface area (TPSA) is 58.5 Å². The molecular weight excluding hydrogens is 276 g/mol. The van der Waals surface area contributed by atoms with Crippen LogP contribution in [0, 0.1) is 11.8 Å². The highest BCUT2D eigenvalue weighted by atomic mass is 16.2. The van der Waals surface area contributed by atoms with Gasteiger partial charge in [-0.25, -0.2) is 4.99 Å². The van der Waals surface area contributed by atoms with Crippen LogP contribution < -0.4 is 5.32 Å². The Morgan fingerprint density at radius 2 is 2.23 bits per heavy atom. The van der Waals surface area contributed by atoms with Crippen LogP contribution in [0.15, 0.2) is 52.7 Å². The van der Waals surface area contributed by atoms with Crippen molar-refractivity contribution in [3.05, 3.63) is 47.7 Å². The maximum Gasteiger partial charge on any atom is 0.249 e. The molecule has 2 atom stereocenters. The number of nitrogens with one attached hydrogen (secondary N) is 1. The molecule has 4 heteroatoms. The summed E-state index contributed by atoms with van der Waals surface area (Å²) in [6.45, 7) is 2.04. The van der Waals surface area contributed by atoms with E-state index in [1.165, 1.54) is 0 Å². The molecule has 0 saturated heterocycles. The number of carbonyl (C=O) groups excluding carboxylic acids is 2. The van der Waals surface area contributed by atoms with Crippen LogP contribution in [0.1, 0.15) is 32.6 Å². The Labute approximate surface area is 130 Å². The normalized spacial score (nSPS) is 28.8. The van der Waals surface area contributed by atoms with E-state index in [-0.39, 0.29) is 23.7 Å². The molecule has 2 amide bonds. The number of hydrogen-bond acceptors (Lipinski definition) is 2. The number of nitrogens with zero attached hydrogens (tertiary/aromatic N) is 1. The van der Waals surface area contributed by atoms with Gasteiger partial charge in [0.15, 0.2) is 0 Å². The van der Waals surface area contributed by atoms with E-state index < -0.39 is 0 Å². The van der Waals surface area contributed by atoms with Crippen molar-refractivity contribution < 1.29 is 9.59 Å². The van der Waals surface area contributed by atoms with Crippen molar-refractivity contribution in [3.8, 4) is 0 Å². The first kappa shape index (κ1) is 14.7. The number of rotatable bonds is 2. The van der Waals surface area contributed by atoms with Gasteiger partial charge in [0.25, 0.3) is 0 Å². The van der Waals surface area contributed by atoms with E-state index in [1.54, 1.807) is 6.08 Å². The largest absolute Gasteiger partial charge is 0.325 e. The fraction of sp³-hybridized carbons (Fsp3) is 0.389. The zero-order chi connectivity index (χ0) is 15.5. The Bertz CT molecular complexity index is 650. The first-order valence-electron chi connectivity index (χ1n) is 7.86. The summed E-state index contributed by atoms with van der Waals surface area (Å²) in [5, 5.41) is 2.86. The molecule has 0 aromatic carbocycles. The molecule has 1 N–H and O–H groups in total. The van der Waals surface area contributed by atoms with Crippen molar-refractivity contribution in [1.29, 1.82) is 0 Å². The van der Waals surface area contributed by atoms with Crippen LogP contribution in [0.25, 0.3) is 0 Å². The van der Waals surface area contributed by atoms with Gasteiger partial charge in [0.2, 0.25) is 11.8 Å². The molecule has 0 aromatic heterocycles. The van der Waals surface area contributed by atoms with Crippen LogP contribution in [0.4, 0.5) is 0 Å². The molecule has 4 nitrogen and oxygen atoms in total. The first-order valence-corrected chi connectivity index (χ1v) is 7.86. The van der Waals surface area contributed by atoms with Gasteiger partial charge in [0, 0.05) is 23.6 Å². The molecule has 3 rings (SSSR count). The smallest absolute Gasteiger partial charge is 0.249 e. The fourth-order valence-electron chi connectivity index (χ4n) is 3.10. The second kappa shape index (κ2) is 6.26. The monoisotopic (exact) mass is 296 g/mol. The second-order valence-electron chi connectivity index (χ2n) is 5.85. The van der Waals surface area contributed by atoms with Crippen molar-refractivity contribution >= 4 is 17.5 Å². The molecule has 22 heavy (non-hydrogen) atoms. The maximum atomic E-state index is 12.2. The van der Waals surface area contributed by atoms with E-state index >= 15 is 0 Å². The summed E-state index contributed by atoms with van der Waals surface area (Å²) in [5.41, 5.74) is 2.54. The number of carbonyl (C=O) groups is 2. The summed E-state index contributed by atoms with van der Waals surface area (Å²) in [6, 6.07) is 0. The van der Waals surface area contributed by atoms with Crippen LogP contribution in [0.5, 0.6) is 0 Å². The van der Waals surface area contributed by atoms with Gasteiger partial charge in [-0.05, 0) is 37.8 Å². The average Bonchev–Trinajstić information content (AvgIpc) is 2.54. The molecule has 3 aliphatic rings. The lowest BCUT2D eigenvalue weighted by atomic mass is 9.86. The van der Waals surface area contributed by atoms with E-state index in [1.807, 2.05) is 25.2 Å². The Morgan fingerprint density at radius 3 is 2.95 bits per heavy atom. The molecule has 0 aromatic rings. The van der Waals surface area contributed by atoms with Crippen molar-refractivity contribution in [1.82, 2.24) is 5.32 Å². The number of amides is 2. The van der Waals surface area contributed by atoms with Gasteiger partial charge in [0.1, 0.15) is 0 Å². The molecule has 2 unspecified atom stereocenters. The fourth-order valence-corrected chi connectivity index (χ4v) is 3.10. The van der Waals surface area contributed by atoms with Gasteiger partial charge in [-0.2, -0.15) is 0 Å². The molecule has 0 spiro atoms. The Kier molecular flexibility index (Phi) is 4.18. The van der Waals surface area contributed by atoms with E-state index in [9.17, 15) is 9.59 Å². The van der Waals surface area contributed by atoms with Crippen molar-refractivity contribution in [3.63, 3.8) is 0 Å². The van der Waals surface area contributed by atoms with Crippen molar-refractivity contribution in [2.75, 3.05) is 0 Å². The highest BCUT2D eigenvalue weighted by molar-refractivity contribution is 6.11. The predicted octanol–water partition coefficient (Wildman–Crippen LogP) is 2.85. The summed E-state index contributed by atoms with van der Waals surface area (Å²) in [7, 11) is 0. The highest BCUT2D eigenvalue weighted by Gasteiger charge is 2.26. The van der Waals surface area contributed by atoms with E-state index in [0.29, 0.717) is 5.71 Å². The van der Waals surface area contributed by atoms with Crippen LogP contribution in [0.3, 0.4) is 0 Å². The zero-order valence-corrected chi connectivity index (χ0v) is 12.7. The number of hydrogen-bond donors (Lipinski definition) is 1. The summed E-state index contributed by atoms with van der Waals surface area (Å²) in [4.78, 5) is 28.2. The van der Waals surface area contributed by atoms with E-state index in [0.717, 1.165) is 37.0 Å². The molecule has 0 fully saturated rings. The van der Waals surface area contributed by atoms with Gasteiger partial charge in [-0.15, -0.1) is 0 Å². The summed E-state index contributed by atoms with van der Waals surface area (Å²) in [5.74, 6) is -0.0612. The van der Waals surface area contributed by atoms with Gasteiger partial charge in [-0.1, -0.05) is 30.7 Å². The quantitative estimate of drug-likeness (QED) is 0.797. The predicted molar refractivity (Wildman–Crippen MR) is 86.2 cm³/mol. The minimum absolute atomic E-state index is 0.00549. The summed E-state index contributed by atoms with van der Waals surface area (Å²) < 4.78 is 0. The van der Waals surface area contributed by atoms with E-state index in [4.69, 9.17) is 0 Å². The molecule has 1 aliphatic heterocycles. The summed E-state index contributed by atoms with van der Waals surface area (Å²) in [6.07, 6.45) is 15.0. The van der Waals surface area contributed by atoms with Gasteiger partial charge >= 0.3 is 0 Å². The SMILES string of the molecule is CCC1=CC(=O)NC2=CC(=NC(=O)C3CC=CCC3)C=CC12. The molecule has 2 aliphatic carbocycles. The summed E-state index contributed by atoms with van der Waals surface area (Å²) >= 11 is 0. The second-order valence-corrected chi connectivity index (χ2v) is 5.85. The minimum Gasteiger partial charge on any atom is -0.325 e. The lowest BCUT2D eigenvalue weighted by molar-refractivity contribution is -0.121. The Balaban J connectivity index is 1.79. The van der Waals surface area contributed by atoms with E-state index in [2.05, 4.69) is 22.5 Å². The van der Waals surface area contributed by atoms with Crippen molar-refractivity contribution in [2.45, 2.75) is 32.6 Å². The van der Waals surface area contributed by atoms with Gasteiger partial charge < -0.3 is 5.32 Å². The van der Waals surface area contributed by atoms with Crippen molar-refractivity contribution in [2.24, 2.45) is 16.8 Å². The maximum absolute atomic E-state index is 12.2. The molecule has 0 radical (unpaired) electrons. The van der Waals surface area contributed by atoms with Crippen LogP contribution in [-0.4, -0.2) is 17.5 Å². The third-order valence-electron chi connectivity index (χ3n) is 4.35. The van der Waals surface area contributed by atoms with Gasteiger partial charge in [-0.3, -0.25) is 9.59 Å². The average molecular weight is 296 g/mol. The number of fused-ring (bicyclic) bond motifs is 1. The molecule has 1 heterocycles. The molecule has 0 bridgehead atoms. The Morgan fingerprint density at radius 1 is 1.36 bits per heavy atom. The van der Waals surface area contributed by atoms with Crippen LogP contribution >= 0.6 is 0 Å². The number of aliphatic imine (C=N–C) groups is 1. The first-order chi connectivity index (χ1) is 10.7. The molecular formula is C18H20N2O2.